The van der Waals surface area contributed by atoms with Crippen LogP contribution in [0.25, 0.3) is 10.1 Å². The van der Waals surface area contributed by atoms with Crippen LogP contribution < -0.4 is 0 Å². The number of nitrogens with zero attached hydrogens (tertiary/aromatic N) is 1. The summed E-state index contributed by atoms with van der Waals surface area (Å²) >= 11 is 5.79. The first-order valence-electron chi connectivity index (χ1n) is 3.61. The van der Waals surface area contributed by atoms with Gasteiger partial charge in [-0.05, 0) is 56.6 Å². The summed E-state index contributed by atoms with van der Waals surface area (Å²) < 4.78 is 2.83. The minimum absolute atomic E-state index is 0.195. The van der Waals surface area contributed by atoms with Crippen LogP contribution in [-0.2, 0) is 0 Å². The molecule has 0 atom stereocenters. The average Bonchev–Trinajstić information content (AvgIpc) is 2.58. The van der Waals surface area contributed by atoms with Crippen LogP contribution in [0, 0.1) is 17.3 Å². The zero-order chi connectivity index (χ0) is 10.3. The first-order chi connectivity index (χ1) is 6.61. The fourth-order valence-electron chi connectivity index (χ4n) is 1.17. The van der Waals surface area contributed by atoms with Gasteiger partial charge in [-0.1, -0.05) is 0 Å². The van der Waals surface area contributed by atoms with Gasteiger partial charge in [0.1, 0.15) is 3.57 Å². The second-order valence-electron chi connectivity index (χ2n) is 2.62. The molecule has 0 aliphatic carbocycles. The van der Waals surface area contributed by atoms with Gasteiger partial charge in [-0.25, -0.2) is 0 Å². The first kappa shape index (κ1) is 10.6. The van der Waals surface area contributed by atoms with Gasteiger partial charge in [-0.2, -0.15) is 0 Å². The number of thiophene rings is 1. The van der Waals surface area contributed by atoms with Crippen molar-refractivity contribution in [3.8, 4) is 0 Å². The van der Waals surface area contributed by atoms with Crippen molar-refractivity contribution < 1.29 is 4.92 Å². The van der Waals surface area contributed by atoms with Crippen LogP contribution in [0.1, 0.15) is 0 Å². The lowest BCUT2D eigenvalue weighted by molar-refractivity contribution is -0.385. The smallest absolute Gasteiger partial charge is 0.258 e. The Morgan fingerprint density at radius 3 is 2.71 bits per heavy atom. The highest BCUT2D eigenvalue weighted by Crippen LogP contribution is 2.35. The summed E-state index contributed by atoms with van der Waals surface area (Å²) in [7, 11) is 0. The molecule has 14 heavy (non-hydrogen) atoms. The van der Waals surface area contributed by atoms with Crippen molar-refractivity contribution in [2.75, 3.05) is 0 Å². The van der Waals surface area contributed by atoms with Crippen molar-refractivity contribution in [1.82, 2.24) is 0 Å². The van der Waals surface area contributed by atoms with Gasteiger partial charge < -0.3 is 0 Å². The Balaban J connectivity index is 2.87. The van der Waals surface area contributed by atoms with Crippen molar-refractivity contribution in [3.63, 3.8) is 0 Å². The minimum Gasteiger partial charge on any atom is -0.258 e. The van der Waals surface area contributed by atoms with Crippen LogP contribution in [-0.4, -0.2) is 4.92 Å². The van der Waals surface area contributed by atoms with Crippen LogP contribution >= 0.6 is 56.5 Å². The van der Waals surface area contributed by atoms with Crippen molar-refractivity contribution in [2.24, 2.45) is 0 Å². The summed E-state index contributed by atoms with van der Waals surface area (Å²) in [6, 6.07) is 3.54. The maximum absolute atomic E-state index is 10.7. The van der Waals surface area contributed by atoms with Gasteiger partial charge in [0.25, 0.3) is 5.69 Å². The van der Waals surface area contributed by atoms with E-state index in [1.54, 1.807) is 17.4 Å². The van der Waals surface area contributed by atoms with E-state index >= 15 is 0 Å². The molecule has 0 bridgehead atoms. The molecule has 0 aliphatic rings. The van der Waals surface area contributed by atoms with E-state index < -0.39 is 0 Å². The number of nitro groups is 1. The van der Waals surface area contributed by atoms with Crippen LogP contribution in [0.4, 0.5) is 5.69 Å². The standard InChI is InChI=1S/C8H3I2NO2S/c9-6-5(11(12)13)3-4-1-2-14-8(4)7(6)10/h1-3H. The summed E-state index contributed by atoms with van der Waals surface area (Å²) in [5, 5.41) is 13.6. The number of hydrogen-bond donors (Lipinski definition) is 0. The molecular formula is C8H3I2NO2S. The first-order valence-corrected chi connectivity index (χ1v) is 6.64. The lowest BCUT2D eigenvalue weighted by atomic mass is 10.2. The predicted molar refractivity (Wildman–Crippen MR) is 73.9 cm³/mol. The zero-order valence-electron chi connectivity index (χ0n) is 6.66. The molecule has 0 radical (unpaired) electrons. The summed E-state index contributed by atoms with van der Waals surface area (Å²) in [5.74, 6) is 0. The lowest BCUT2D eigenvalue weighted by Crippen LogP contribution is -1.93. The topological polar surface area (TPSA) is 43.1 Å². The highest BCUT2D eigenvalue weighted by Gasteiger charge is 2.17. The third kappa shape index (κ3) is 1.63. The molecule has 0 amide bonds. The summed E-state index contributed by atoms with van der Waals surface area (Å²) in [6.07, 6.45) is 0. The Morgan fingerprint density at radius 1 is 1.36 bits per heavy atom. The Hall–Kier alpha value is 0.0400. The molecule has 0 N–H and O–H groups in total. The summed E-state index contributed by atoms with van der Waals surface area (Å²) in [6.45, 7) is 0. The second kappa shape index (κ2) is 3.89. The fraction of sp³-hybridized carbons (Fsp3) is 0. The molecule has 0 saturated carbocycles. The van der Waals surface area contributed by atoms with Gasteiger partial charge in [0.15, 0.2) is 0 Å². The molecule has 0 saturated heterocycles. The molecule has 72 valence electrons. The molecule has 2 aromatic rings. The molecule has 0 unspecified atom stereocenters. The van der Waals surface area contributed by atoms with Gasteiger partial charge in [-0.3, -0.25) is 10.1 Å². The second-order valence-corrected chi connectivity index (χ2v) is 5.69. The molecule has 0 spiro atoms. The number of benzene rings is 1. The van der Waals surface area contributed by atoms with Gasteiger partial charge >= 0.3 is 0 Å². The van der Waals surface area contributed by atoms with Crippen molar-refractivity contribution in [1.29, 1.82) is 0 Å². The van der Waals surface area contributed by atoms with Crippen LogP contribution in [0.3, 0.4) is 0 Å². The Bertz CT molecular complexity index is 523. The molecule has 2 rings (SSSR count). The van der Waals surface area contributed by atoms with Crippen LogP contribution in [0.15, 0.2) is 17.5 Å². The Morgan fingerprint density at radius 2 is 2.07 bits per heavy atom. The van der Waals surface area contributed by atoms with E-state index in [0.29, 0.717) is 0 Å². The number of fused-ring (bicyclic) bond motifs is 1. The van der Waals surface area contributed by atoms with Gasteiger partial charge in [0, 0.05) is 16.2 Å². The molecule has 0 fully saturated rings. The number of hydrogen-bond acceptors (Lipinski definition) is 3. The van der Waals surface area contributed by atoms with Crippen molar-refractivity contribution >= 4 is 72.3 Å². The van der Waals surface area contributed by atoms with Crippen molar-refractivity contribution in [3.05, 3.63) is 34.8 Å². The molecular weight excluding hydrogens is 428 g/mol. The molecule has 1 aromatic heterocycles. The third-order valence-corrected chi connectivity index (χ3v) is 6.32. The Labute approximate surface area is 111 Å². The normalized spacial score (nSPS) is 10.7. The average molecular weight is 431 g/mol. The quantitative estimate of drug-likeness (QED) is 0.389. The molecule has 1 aromatic carbocycles. The monoisotopic (exact) mass is 431 g/mol. The predicted octanol–water partition coefficient (Wildman–Crippen LogP) is 4.02. The van der Waals surface area contributed by atoms with Gasteiger partial charge in [0.05, 0.1) is 8.49 Å². The Kier molecular flexibility index (Phi) is 2.93. The fourth-order valence-corrected chi connectivity index (χ4v) is 3.76. The maximum Gasteiger partial charge on any atom is 0.284 e. The molecule has 0 aliphatic heterocycles. The SMILES string of the molecule is O=[N+]([O-])c1cc2ccsc2c(I)c1I. The van der Waals surface area contributed by atoms with Gasteiger partial charge in [0.2, 0.25) is 0 Å². The number of halogens is 2. The lowest BCUT2D eigenvalue weighted by Gasteiger charge is -1.99. The zero-order valence-corrected chi connectivity index (χ0v) is 11.8. The van der Waals surface area contributed by atoms with E-state index in [9.17, 15) is 10.1 Å². The van der Waals surface area contributed by atoms with Crippen LogP contribution in [0.2, 0.25) is 0 Å². The van der Waals surface area contributed by atoms with E-state index in [0.717, 1.165) is 17.2 Å². The van der Waals surface area contributed by atoms with E-state index in [2.05, 4.69) is 22.6 Å². The van der Waals surface area contributed by atoms with Crippen molar-refractivity contribution in [2.45, 2.75) is 0 Å². The highest BCUT2D eigenvalue weighted by atomic mass is 127. The van der Waals surface area contributed by atoms with E-state index in [1.807, 2.05) is 34.0 Å². The third-order valence-electron chi connectivity index (χ3n) is 1.80. The van der Waals surface area contributed by atoms with Gasteiger partial charge in [-0.15, -0.1) is 11.3 Å². The summed E-state index contributed by atoms with van der Waals surface area (Å²) in [4.78, 5) is 10.4. The van der Waals surface area contributed by atoms with E-state index in [4.69, 9.17) is 0 Å². The molecule has 6 heteroatoms. The van der Waals surface area contributed by atoms with E-state index in [1.165, 1.54) is 0 Å². The van der Waals surface area contributed by atoms with E-state index in [-0.39, 0.29) is 10.6 Å². The summed E-state index contributed by atoms with van der Waals surface area (Å²) in [5.41, 5.74) is 0.195. The highest BCUT2D eigenvalue weighted by molar-refractivity contribution is 14.1. The molecule has 3 nitrogen and oxygen atoms in total. The number of rotatable bonds is 1. The number of nitro benzene ring substituents is 1. The largest absolute Gasteiger partial charge is 0.284 e. The minimum atomic E-state index is -0.332. The maximum atomic E-state index is 10.7. The molecule has 1 heterocycles. The van der Waals surface area contributed by atoms with Crippen LogP contribution in [0.5, 0.6) is 0 Å².